The normalized spacial score (nSPS) is 18.7. The van der Waals surface area contributed by atoms with Crippen LogP contribution in [0, 0.1) is 17.7 Å². The number of fused-ring (bicyclic) bond motifs is 1. The minimum atomic E-state index is -0.300. The highest BCUT2D eigenvalue weighted by molar-refractivity contribution is 5.95. The third kappa shape index (κ3) is 6.29. The van der Waals surface area contributed by atoms with E-state index in [1.165, 1.54) is 30.1 Å². The minimum Gasteiger partial charge on any atom is -0.379 e. The molecule has 0 spiro atoms. The zero-order valence-electron chi connectivity index (χ0n) is 23.9. The standard InChI is InChI=1S/C35H37FN4O/c1-24-17-26(25(2)7-6-12-40-13-15-41-16-14-40)19-27(18-24)28-20-29(23-37-22-28)32-21-34(31-8-3-4-10-33(31)36)39-35-30(32)9-5-11-38-35/h3-5,8-11,18-23,25-26H,6-7,12-17H2,1-2H3. The molecule has 41 heavy (non-hydrogen) atoms. The van der Waals surface area contributed by atoms with Gasteiger partial charge in [0.2, 0.25) is 0 Å². The average Bonchev–Trinajstić information content (AvgIpc) is 3.01. The zero-order valence-corrected chi connectivity index (χ0v) is 23.9. The number of aromatic nitrogens is 3. The van der Waals surface area contributed by atoms with E-state index in [9.17, 15) is 4.39 Å². The summed E-state index contributed by atoms with van der Waals surface area (Å²) in [7, 11) is 0. The van der Waals surface area contributed by atoms with Crippen LogP contribution in [0.3, 0.4) is 0 Å². The second-order valence-corrected chi connectivity index (χ2v) is 11.4. The Balaban J connectivity index is 1.28. The first-order valence-electron chi connectivity index (χ1n) is 14.7. The van der Waals surface area contributed by atoms with Gasteiger partial charge in [0, 0.05) is 53.8 Å². The Morgan fingerprint density at radius 1 is 1.02 bits per heavy atom. The molecule has 1 fully saturated rings. The predicted octanol–water partition coefficient (Wildman–Crippen LogP) is 7.60. The molecule has 6 heteroatoms. The van der Waals surface area contributed by atoms with Gasteiger partial charge in [-0.15, -0.1) is 0 Å². The van der Waals surface area contributed by atoms with Crippen LogP contribution in [0.15, 0.2) is 84.8 Å². The van der Waals surface area contributed by atoms with Crippen molar-refractivity contribution in [3.05, 3.63) is 96.2 Å². The Morgan fingerprint density at radius 2 is 1.85 bits per heavy atom. The number of hydrogen-bond donors (Lipinski definition) is 0. The fraction of sp³-hybridized carbons (Fsp3) is 0.343. The zero-order chi connectivity index (χ0) is 28.2. The summed E-state index contributed by atoms with van der Waals surface area (Å²) >= 11 is 0. The Labute approximate surface area is 241 Å². The van der Waals surface area contributed by atoms with E-state index >= 15 is 0 Å². The van der Waals surface area contributed by atoms with Gasteiger partial charge in [0.15, 0.2) is 5.65 Å². The van der Waals surface area contributed by atoms with E-state index in [4.69, 9.17) is 9.72 Å². The van der Waals surface area contributed by atoms with Crippen LogP contribution in [0.1, 0.15) is 38.7 Å². The molecule has 0 bridgehead atoms. The lowest BCUT2D eigenvalue weighted by molar-refractivity contribution is 0.0365. The summed E-state index contributed by atoms with van der Waals surface area (Å²) in [5, 5.41) is 0.919. The van der Waals surface area contributed by atoms with Crippen molar-refractivity contribution >= 4 is 16.6 Å². The molecule has 4 heterocycles. The minimum absolute atomic E-state index is 0.300. The molecule has 210 valence electrons. The number of hydrogen-bond acceptors (Lipinski definition) is 5. The van der Waals surface area contributed by atoms with Gasteiger partial charge in [-0.05, 0) is 92.1 Å². The smallest absolute Gasteiger partial charge is 0.160 e. The molecule has 5 nitrogen and oxygen atoms in total. The van der Waals surface area contributed by atoms with Crippen molar-refractivity contribution in [2.24, 2.45) is 11.8 Å². The molecule has 1 aliphatic heterocycles. The fourth-order valence-corrected chi connectivity index (χ4v) is 6.10. The Kier molecular flexibility index (Phi) is 8.31. The van der Waals surface area contributed by atoms with E-state index in [0.29, 0.717) is 28.7 Å². The Morgan fingerprint density at radius 3 is 2.71 bits per heavy atom. The van der Waals surface area contributed by atoms with Gasteiger partial charge in [0.1, 0.15) is 5.82 Å². The number of benzene rings is 1. The predicted molar refractivity (Wildman–Crippen MR) is 164 cm³/mol. The molecule has 2 unspecified atom stereocenters. The van der Waals surface area contributed by atoms with Gasteiger partial charge in [-0.1, -0.05) is 36.8 Å². The summed E-state index contributed by atoms with van der Waals surface area (Å²) in [6.07, 6.45) is 13.8. The number of allylic oxidation sites excluding steroid dienone is 4. The van der Waals surface area contributed by atoms with Crippen LogP contribution >= 0.6 is 0 Å². The van der Waals surface area contributed by atoms with Crippen molar-refractivity contribution in [2.45, 2.75) is 33.1 Å². The van der Waals surface area contributed by atoms with Crippen molar-refractivity contribution < 1.29 is 9.13 Å². The molecule has 2 atom stereocenters. The van der Waals surface area contributed by atoms with Crippen LogP contribution in [-0.4, -0.2) is 52.7 Å². The number of ether oxygens (including phenoxy) is 1. The van der Waals surface area contributed by atoms with Gasteiger partial charge in [-0.2, -0.15) is 0 Å². The number of pyridine rings is 3. The molecule has 2 aliphatic rings. The number of nitrogens with zero attached hydrogens (tertiary/aromatic N) is 4. The molecule has 0 saturated carbocycles. The molecule has 0 radical (unpaired) electrons. The van der Waals surface area contributed by atoms with Crippen molar-refractivity contribution in [2.75, 3.05) is 32.8 Å². The van der Waals surface area contributed by atoms with Gasteiger partial charge in [0.25, 0.3) is 0 Å². The first-order chi connectivity index (χ1) is 20.0. The molecular weight excluding hydrogens is 511 g/mol. The number of halogens is 1. The highest BCUT2D eigenvalue weighted by Crippen LogP contribution is 2.37. The van der Waals surface area contributed by atoms with Gasteiger partial charge < -0.3 is 4.74 Å². The highest BCUT2D eigenvalue weighted by Gasteiger charge is 2.21. The lowest BCUT2D eigenvalue weighted by atomic mass is 9.79. The van der Waals surface area contributed by atoms with E-state index in [0.717, 1.165) is 61.3 Å². The van der Waals surface area contributed by atoms with Gasteiger partial charge in [0.05, 0.1) is 18.9 Å². The summed E-state index contributed by atoms with van der Waals surface area (Å²) in [5.74, 6) is 0.803. The molecule has 1 saturated heterocycles. The summed E-state index contributed by atoms with van der Waals surface area (Å²) in [6.45, 7) is 9.61. The maximum Gasteiger partial charge on any atom is 0.160 e. The molecule has 3 aromatic heterocycles. The van der Waals surface area contributed by atoms with E-state index in [-0.39, 0.29) is 5.82 Å². The molecule has 1 aliphatic carbocycles. The summed E-state index contributed by atoms with van der Waals surface area (Å²) in [5.41, 5.74) is 7.24. The van der Waals surface area contributed by atoms with E-state index in [1.807, 2.05) is 36.7 Å². The number of morpholine rings is 1. The maximum absolute atomic E-state index is 14.7. The molecule has 1 aromatic carbocycles. The summed E-state index contributed by atoms with van der Waals surface area (Å²) in [6, 6.07) is 14.8. The molecule has 0 N–H and O–H groups in total. The van der Waals surface area contributed by atoms with E-state index in [2.05, 4.69) is 46.9 Å². The second kappa shape index (κ2) is 12.4. The van der Waals surface area contributed by atoms with Crippen LogP contribution in [-0.2, 0) is 4.74 Å². The van der Waals surface area contributed by atoms with Crippen LogP contribution in [0.2, 0.25) is 0 Å². The van der Waals surface area contributed by atoms with Crippen molar-refractivity contribution in [3.63, 3.8) is 0 Å². The van der Waals surface area contributed by atoms with Gasteiger partial charge in [-0.3, -0.25) is 9.88 Å². The Hall–Kier alpha value is -3.74. The average molecular weight is 549 g/mol. The fourth-order valence-electron chi connectivity index (χ4n) is 6.10. The Bertz CT molecular complexity index is 1590. The first kappa shape index (κ1) is 27.4. The first-order valence-corrected chi connectivity index (χ1v) is 14.7. The molecular formula is C35H37FN4O. The monoisotopic (exact) mass is 548 g/mol. The van der Waals surface area contributed by atoms with Crippen LogP contribution in [0.4, 0.5) is 4.39 Å². The van der Waals surface area contributed by atoms with Crippen molar-refractivity contribution in [3.8, 4) is 22.4 Å². The largest absolute Gasteiger partial charge is 0.379 e. The lowest BCUT2D eigenvalue weighted by Crippen LogP contribution is -2.37. The third-order valence-corrected chi connectivity index (χ3v) is 8.44. The molecule has 6 rings (SSSR count). The van der Waals surface area contributed by atoms with Crippen LogP contribution in [0.5, 0.6) is 0 Å². The van der Waals surface area contributed by atoms with Crippen LogP contribution in [0.25, 0.3) is 39.0 Å². The van der Waals surface area contributed by atoms with Crippen molar-refractivity contribution in [1.29, 1.82) is 0 Å². The van der Waals surface area contributed by atoms with Crippen molar-refractivity contribution in [1.82, 2.24) is 19.9 Å². The highest BCUT2D eigenvalue weighted by atomic mass is 19.1. The van der Waals surface area contributed by atoms with E-state index in [1.54, 1.807) is 18.3 Å². The van der Waals surface area contributed by atoms with Gasteiger partial charge >= 0.3 is 0 Å². The summed E-state index contributed by atoms with van der Waals surface area (Å²) in [4.78, 5) is 16.4. The number of rotatable bonds is 8. The molecule has 4 aromatic rings. The maximum atomic E-state index is 14.7. The SMILES string of the molecule is CC1=CC(c2cncc(-c3cc(-c4ccccc4F)nc4ncccc34)c2)=CC(C(C)CCCN2CCOCC2)C1. The quantitative estimate of drug-likeness (QED) is 0.227. The van der Waals surface area contributed by atoms with Crippen LogP contribution < -0.4 is 0 Å². The topological polar surface area (TPSA) is 51.1 Å². The second-order valence-electron chi connectivity index (χ2n) is 11.4. The van der Waals surface area contributed by atoms with Gasteiger partial charge in [-0.25, -0.2) is 14.4 Å². The third-order valence-electron chi connectivity index (χ3n) is 8.44. The molecule has 0 amide bonds. The summed E-state index contributed by atoms with van der Waals surface area (Å²) < 4.78 is 20.2. The lowest BCUT2D eigenvalue weighted by Gasteiger charge is -2.29. The van der Waals surface area contributed by atoms with E-state index < -0.39 is 0 Å².